The third kappa shape index (κ3) is 2.07. The van der Waals surface area contributed by atoms with E-state index in [-0.39, 0.29) is 0 Å². The van der Waals surface area contributed by atoms with Gasteiger partial charge in [-0.2, -0.15) is 0 Å². The van der Waals surface area contributed by atoms with Gasteiger partial charge in [0.1, 0.15) is 0 Å². The molecule has 12 heavy (non-hydrogen) atoms. The first kappa shape index (κ1) is 10.2. The SMILES string of the molecule is CN1CCCC[C@H]1C(F)(F)CCl. The lowest BCUT2D eigenvalue weighted by Crippen LogP contribution is -2.49. The maximum absolute atomic E-state index is 13.1. The number of alkyl halides is 3. The Balaban J connectivity index is 2.58. The number of likely N-dealkylation sites (tertiary alicyclic amines) is 1. The minimum Gasteiger partial charge on any atom is -0.298 e. The molecular weight excluding hydrogens is 184 g/mol. The number of piperidine rings is 1. The minimum atomic E-state index is -2.73. The summed E-state index contributed by atoms with van der Waals surface area (Å²) in [5.74, 6) is -3.29. The topological polar surface area (TPSA) is 3.24 Å². The molecule has 1 fully saturated rings. The highest BCUT2D eigenvalue weighted by Gasteiger charge is 2.41. The van der Waals surface area contributed by atoms with Crippen LogP contribution in [0.4, 0.5) is 8.78 Å². The molecule has 0 aromatic heterocycles. The Bertz CT molecular complexity index is 152. The molecule has 0 unspecified atom stereocenters. The zero-order valence-corrected chi connectivity index (χ0v) is 7.95. The van der Waals surface area contributed by atoms with Gasteiger partial charge in [0.05, 0.1) is 11.9 Å². The highest BCUT2D eigenvalue weighted by atomic mass is 35.5. The van der Waals surface area contributed by atoms with Gasteiger partial charge in [-0.25, -0.2) is 8.78 Å². The highest BCUT2D eigenvalue weighted by molar-refractivity contribution is 6.18. The van der Waals surface area contributed by atoms with Crippen LogP contribution in [0.15, 0.2) is 0 Å². The van der Waals surface area contributed by atoms with Crippen LogP contribution in [0.5, 0.6) is 0 Å². The maximum Gasteiger partial charge on any atom is 0.276 e. The fourth-order valence-electron chi connectivity index (χ4n) is 1.70. The van der Waals surface area contributed by atoms with Crippen LogP contribution in [0.3, 0.4) is 0 Å². The van der Waals surface area contributed by atoms with Crippen LogP contribution in [-0.2, 0) is 0 Å². The first-order chi connectivity index (χ1) is 5.58. The predicted octanol–water partition coefficient (Wildman–Crippen LogP) is 2.34. The lowest BCUT2D eigenvalue weighted by atomic mass is 9.98. The molecule has 1 rings (SSSR count). The van der Waals surface area contributed by atoms with Gasteiger partial charge in [0, 0.05) is 0 Å². The quantitative estimate of drug-likeness (QED) is 0.615. The van der Waals surface area contributed by atoms with Crippen LogP contribution in [0.25, 0.3) is 0 Å². The fraction of sp³-hybridized carbons (Fsp3) is 1.00. The molecular formula is C8H14ClF2N. The third-order valence-corrected chi connectivity index (χ3v) is 2.79. The number of rotatable bonds is 2. The van der Waals surface area contributed by atoms with Crippen molar-refractivity contribution in [1.29, 1.82) is 0 Å². The second-order valence-corrected chi connectivity index (χ2v) is 3.65. The predicted molar refractivity (Wildman–Crippen MR) is 45.9 cm³/mol. The Kier molecular flexibility index (Phi) is 3.29. The van der Waals surface area contributed by atoms with Gasteiger partial charge in [-0.3, -0.25) is 4.90 Å². The van der Waals surface area contributed by atoms with E-state index in [1.54, 1.807) is 11.9 Å². The Morgan fingerprint density at radius 3 is 2.67 bits per heavy atom. The summed E-state index contributed by atoms with van der Waals surface area (Å²) in [6.07, 6.45) is 2.48. The molecule has 1 aliphatic rings. The van der Waals surface area contributed by atoms with Crippen LogP contribution in [-0.4, -0.2) is 36.3 Å². The molecule has 0 amide bonds. The molecule has 72 valence electrons. The van der Waals surface area contributed by atoms with Gasteiger partial charge >= 0.3 is 0 Å². The zero-order chi connectivity index (χ0) is 9.19. The van der Waals surface area contributed by atoms with Crippen molar-refractivity contribution in [3.05, 3.63) is 0 Å². The van der Waals surface area contributed by atoms with Crippen LogP contribution in [0.2, 0.25) is 0 Å². The molecule has 0 radical (unpaired) electrons. The molecule has 1 heterocycles. The lowest BCUT2D eigenvalue weighted by Gasteiger charge is -2.36. The first-order valence-electron chi connectivity index (χ1n) is 4.22. The number of halogens is 3. The van der Waals surface area contributed by atoms with Crippen molar-refractivity contribution in [1.82, 2.24) is 4.90 Å². The molecule has 0 saturated carbocycles. The van der Waals surface area contributed by atoms with Crippen molar-refractivity contribution in [3.8, 4) is 0 Å². The number of hydrogen-bond acceptors (Lipinski definition) is 1. The average molecular weight is 198 g/mol. The van der Waals surface area contributed by atoms with Crippen LogP contribution in [0, 0.1) is 0 Å². The number of hydrogen-bond donors (Lipinski definition) is 0. The molecule has 0 bridgehead atoms. The van der Waals surface area contributed by atoms with E-state index in [1.807, 2.05) is 0 Å². The fourth-order valence-corrected chi connectivity index (χ4v) is 1.88. The van der Waals surface area contributed by atoms with E-state index in [2.05, 4.69) is 0 Å². The molecule has 1 atom stereocenters. The summed E-state index contributed by atoms with van der Waals surface area (Å²) < 4.78 is 26.2. The van der Waals surface area contributed by atoms with Crippen molar-refractivity contribution in [3.63, 3.8) is 0 Å². The second kappa shape index (κ2) is 3.88. The summed E-state index contributed by atoms with van der Waals surface area (Å²) in [6, 6.07) is -0.649. The van der Waals surface area contributed by atoms with Gasteiger partial charge in [-0.1, -0.05) is 6.42 Å². The summed E-state index contributed by atoms with van der Waals surface area (Å²) in [7, 11) is 1.74. The van der Waals surface area contributed by atoms with Crippen molar-refractivity contribution >= 4 is 11.6 Å². The van der Waals surface area contributed by atoms with Crippen LogP contribution in [0.1, 0.15) is 19.3 Å². The minimum absolute atomic E-state index is 0.566. The molecule has 1 nitrogen and oxygen atoms in total. The lowest BCUT2D eigenvalue weighted by molar-refractivity contribution is -0.0687. The van der Waals surface area contributed by atoms with Gasteiger partial charge in [0.15, 0.2) is 0 Å². The van der Waals surface area contributed by atoms with Gasteiger partial charge in [-0.05, 0) is 26.4 Å². The monoisotopic (exact) mass is 197 g/mol. The molecule has 1 saturated heterocycles. The zero-order valence-electron chi connectivity index (χ0n) is 7.19. The molecule has 1 aliphatic heterocycles. The average Bonchev–Trinajstić information content (AvgIpc) is 2.05. The molecule has 0 spiro atoms. The summed E-state index contributed by atoms with van der Waals surface area (Å²) in [4.78, 5) is 1.71. The summed E-state index contributed by atoms with van der Waals surface area (Å²) in [6.45, 7) is 0.761. The van der Waals surface area contributed by atoms with E-state index < -0.39 is 17.8 Å². The van der Waals surface area contributed by atoms with Gasteiger partial charge in [0.2, 0.25) is 0 Å². The normalized spacial score (nSPS) is 27.5. The van der Waals surface area contributed by atoms with E-state index in [0.29, 0.717) is 6.42 Å². The summed E-state index contributed by atoms with van der Waals surface area (Å²) >= 11 is 5.22. The Labute approximate surface area is 76.7 Å². The van der Waals surface area contributed by atoms with Crippen LogP contribution < -0.4 is 0 Å². The van der Waals surface area contributed by atoms with E-state index in [9.17, 15) is 8.78 Å². The van der Waals surface area contributed by atoms with Crippen molar-refractivity contribution in [2.75, 3.05) is 19.5 Å². The van der Waals surface area contributed by atoms with Crippen molar-refractivity contribution in [2.24, 2.45) is 0 Å². The van der Waals surface area contributed by atoms with Crippen molar-refractivity contribution < 1.29 is 8.78 Å². The number of nitrogens with zero attached hydrogens (tertiary/aromatic N) is 1. The second-order valence-electron chi connectivity index (χ2n) is 3.39. The molecule has 0 aliphatic carbocycles. The summed E-state index contributed by atoms with van der Waals surface area (Å²) in [5.41, 5.74) is 0. The largest absolute Gasteiger partial charge is 0.298 e. The molecule has 0 N–H and O–H groups in total. The highest BCUT2D eigenvalue weighted by Crippen LogP contribution is 2.30. The molecule has 4 heteroatoms. The standard InChI is InChI=1S/C8H14ClF2N/c1-12-5-3-2-4-7(12)8(10,11)6-9/h7H,2-6H2,1H3/t7-/m0/s1. The third-order valence-electron chi connectivity index (χ3n) is 2.44. The van der Waals surface area contributed by atoms with Gasteiger partial charge in [0.25, 0.3) is 5.92 Å². The van der Waals surface area contributed by atoms with Crippen LogP contribution >= 0.6 is 11.6 Å². The summed E-state index contributed by atoms with van der Waals surface area (Å²) in [5, 5.41) is 0. The Morgan fingerprint density at radius 2 is 2.17 bits per heavy atom. The molecule has 0 aromatic rings. The Hall–Kier alpha value is 0.110. The first-order valence-corrected chi connectivity index (χ1v) is 4.75. The van der Waals surface area contributed by atoms with E-state index in [4.69, 9.17) is 11.6 Å². The Morgan fingerprint density at radius 1 is 1.50 bits per heavy atom. The maximum atomic E-state index is 13.1. The van der Waals surface area contributed by atoms with E-state index >= 15 is 0 Å². The molecule has 0 aromatic carbocycles. The van der Waals surface area contributed by atoms with Gasteiger partial charge in [-0.15, -0.1) is 11.6 Å². The smallest absolute Gasteiger partial charge is 0.276 e. The van der Waals surface area contributed by atoms with E-state index in [1.165, 1.54) is 0 Å². The van der Waals surface area contributed by atoms with Gasteiger partial charge < -0.3 is 0 Å². The van der Waals surface area contributed by atoms with E-state index in [0.717, 1.165) is 19.4 Å². The van der Waals surface area contributed by atoms with Crippen molar-refractivity contribution in [2.45, 2.75) is 31.2 Å².